The average molecular weight is 265 g/mol. The molecule has 18 heavy (non-hydrogen) atoms. The number of pyridine rings is 1. The summed E-state index contributed by atoms with van der Waals surface area (Å²) in [5.74, 6) is -0.837. The molecular formula is C13H10ClFN2O. The molecule has 3 nitrogen and oxygen atoms in total. The highest BCUT2D eigenvalue weighted by Crippen LogP contribution is 2.21. The van der Waals surface area contributed by atoms with E-state index < -0.39 is 5.82 Å². The summed E-state index contributed by atoms with van der Waals surface area (Å²) in [4.78, 5) is 15.9. The fourth-order valence-electron chi connectivity index (χ4n) is 1.59. The number of halogens is 2. The highest BCUT2D eigenvalue weighted by atomic mass is 35.5. The van der Waals surface area contributed by atoms with Crippen LogP contribution in [0.1, 0.15) is 16.1 Å². The van der Waals surface area contributed by atoms with Crippen LogP contribution in [0.2, 0.25) is 5.02 Å². The molecule has 2 rings (SSSR count). The lowest BCUT2D eigenvalue weighted by Gasteiger charge is -2.05. The van der Waals surface area contributed by atoms with Crippen LogP contribution in [0, 0.1) is 5.82 Å². The predicted octanol–water partition coefficient (Wildman–Crippen LogP) is 2.88. The molecule has 0 radical (unpaired) electrons. The minimum Gasteiger partial charge on any atom is -0.397 e. The Kier molecular flexibility index (Phi) is 3.58. The summed E-state index contributed by atoms with van der Waals surface area (Å²) in [5.41, 5.74) is 6.56. The molecule has 0 aliphatic heterocycles. The van der Waals surface area contributed by atoms with Crippen molar-refractivity contribution in [2.75, 3.05) is 5.73 Å². The second kappa shape index (κ2) is 5.14. The molecule has 1 aromatic carbocycles. The molecule has 0 bridgehead atoms. The van der Waals surface area contributed by atoms with Crippen LogP contribution in [0.4, 0.5) is 10.1 Å². The maximum absolute atomic E-state index is 13.2. The Labute approximate surface area is 108 Å². The van der Waals surface area contributed by atoms with Gasteiger partial charge in [-0.15, -0.1) is 0 Å². The van der Waals surface area contributed by atoms with Crippen LogP contribution in [-0.2, 0) is 6.42 Å². The number of rotatable bonds is 3. The lowest BCUT2D eigenvalue weighted by Crippen LogP contribution is -2.09. The number of carbonyl (C=O) groups is 1. The van der Waals surface area contributed by atoms with E-state index in [1.807, 2.05) is 0 Å². The standard InChI is InChI=1S/C13H10ClFN2O/c14-12-8(3-1-4-9(12)15)7-11(18)13-10(16)5-2-6-17-13/h1-6H,7,16H2. The average Bonchev–Trinajstić information content (AvgIpc) is 2.35. The maximum atomic E-state index is 13.2. The van der Waals surface area contributed by atoms with Crippen molar-refractivity contribution in [3.05, 3.63) is 58.6 Å². The van der Waals surface area contributed by atoms with Crippen LogP contribution in [-0.4, -0.2) is 10.8 Å². The minimum atomic E-state index is -0.545. The van der Waals surface area contributed by atoms with E-state index in [2.05, 4.69) is 4.98 Å². The number of nitrogens with two attached hydrogens (primary N) is 1. The summed E-state index contributed by atoms with van der Waals surface area (Å²) >= 11 is 5.79. The third kappa shape index (κ3) is 2.49. The van der Waals surface area contributed by atoms with Crippen molar-refractivity contribution in [3.63, 3.8) is 0 Å². The van der Waals surface area contributed by atoms with Crippen molar-refractivity contribution < 1.29 is 9.18 Å². The summed E-state index contributed by atoms with van der Waals surface area (Å²) < 4.78 is 13.2. The van der Waals surface area contributed by atoms with Crippen LogP contribution in [0.25, 0.3) is 0 Å². The molecule has 0 unspecified atom stereocenters. The van der Waals surface area contributed by atoms with Gasteiger partial charge in [-0.1, -0.05) is 23.7 Å². The molecule has 0 atom stereocenters. The second-order valence-corrected chi connectivity index (χ2v) is 4.13. The Bertz CT molecular complexity index is 601. The number of aromatic nitrogens is 1. The number of nitrogen functional groups attached to an aromatic ring is 1. The molecule has 2 aromatic rings. The zero-order chi connectivity index (χ0) is 13.1. The van der Waals surface area contributed by atoms with Crippen molar-refractivity contribution >= 4 is 23.1 Å². The van der Waals surface area contributed by atoms with Gasteiger partial charge in [-0.25, -0.2) is 4.39 Å². The van der Waals surface area contributed by atoms with Crippen LogP contribution >= 0.6 is 11.6 Å². The number of carbonyl (C=O) groups excluding carboxylic acids is 1. The van der Waals surface area contributed by atoms with Crippen molar-refractivity contribution in [2.45, 2.75) is 6.42 Å². The molecule has 0 amide bonds. The first-order chi connectivity index (χ1) is 8.59. The molecule has 0 fully saturated rings. The van der Waals surface area contributed by atoms with Gasteiger partial charge in [0.1, 0.15) is 11.5 Å². The van der Waals surface area contributed by atoms with E-state index in [0.717, 1.165) is 0 Å². The van der Waals surface area contributed by atoms with Gasteiger partial charge < -0.3 is 5.73 Å². The fourth-order valence-corrected chi connectivity index (χ4v) is 1.79. The van der Waals surface area contributed by atoms with Gasteiger partial charge in [0.25, 0.3) is 0 Å². The van der Waals surface area contributed by atoms with Crippen LogP contribution in [0.5, 0.6) is 0 Å². The topological polar surface area (TPSA) is 56.0 Å². The van der Waals surface area contributed by atoms with Crippen molar-refractivity contribution in [1.29, 1.82) is 0 Å². The highest BCUT2D eigenvalue weighted by Gasteiger charge is 2.14. The minimum absolute atomic E-state index is 0.0300. The number of hydrogen-bond acceptors (Lipinski definition) is 3. The fraction of sp³-hybridized carbons (Fsp3) is 0.0769. The number of hydrogen-bond donors (Lipinski definition) is 1. The Hall–Kier alpha value is -1.94. The summed E-state index contributed by atoms with van der Waals surface area (Å²) in [6, 6.07) is 7.58. The van der Waals surface area contributed by atoms with Gasteiger partial charge in [-0.3, -0.25) is 9.78 Å². The largest absolute Gasteiger partial charge is 0.397 e. The quantitative estimate of drug-likeness (QED) is 0.868. The highest BCUT2D eigenvalue weighted by molar-refractivity contribution is 6.31. The Morgan fingerprint density at radius 1 is 1.33 bits per heavy atom. The van der Waals surface area contributed by atoms with E-state index >= 15 is 0 Å². The van der Waals surface area contributed by atoms with E-state index in [0.29, 0.717) is 11.3 Å². The molecular weight excluding hydrogens is 255 g/mol. The van der Waals surface area contributed by atoms with Gasteiger partial charge in [0.05, 0.1) is 10.7 Å². The van der Waals surface area contributed by atoms with Gasteiger partial charge in [0.15, 0.2) is 5.78 Å². The molecule has 5 heteroatoms. The molecule has 0 aliphatic rings. The normalized spacial score (nSPS) is 10.3. The number of ketones is 1. The summed E-state index contributed by atoms with van der Waals surface area (Å²) in [6.07, 6.45) is 1.45. The van der Waals surface area contributed by atoms with Gasteiger partial charge >= 0.3 is 0 Å². The van der Waals surface area contributed by atoms with Gasteiger partial charge in [-0.05, 0) is 23.8 Å². The van der Waals surface area contributed by atoms with Gasteiger partial charge in [0.2, 0.25) is 0 Å². The molecule has 0 spiro atoms. The molecule has 1 aromatic heterocycles. The number of nitrogens with zero attached hydrogens (tertiary/aromatic N) is 1. The summed E-state index contributed by atoms with van der Waals surface area (Å²) in [6.45, 7) is 0. The first kappa shape index (κ1) is 12.5. The predicted molar refractivity (Wildman–Crippen MR) is 68.1 cm³/mol. The van der Waals surface area contributed by atoms with Crippen LogP contribution in [0.15, 0.2) is 36.5 Å². The monoisotopic (exact) mass is 264 g/mol. The smallest absolute Gasteiger partial charge is 0.187 e. The van der Waals surface area contributed by atoms with E-state index in [4.69, 9.17) is 17.3 Å². The van der Waals surface area contributed by atoms with Crippen LogP contribution in [0.3, 0.4) is 0 Å². The zero-order valence-corrected chi connectivity index (χ0v) is 10.1. The third-order valence-corrected chi connectivity index (χ3v) is 2.91. The molecule has 1 heterocycles. The van der Waals surface area contributed by atoms with Crippen molar-refractivity contribution in [1.82, 2.24) is 4.98 Å². The third-order valence-electron chi connectivity index (χ3n) is 2.49. The van der Waals surface area contributed by atoms with Crippen molar-refractivity contribution in [3.8, 4) is 0 Å². The molecule has 0 saturated carbocycles. The Morgan fingerprint density at radius 3 is 2.83 bits per heavy atom. The Balaban J connectivity index is 2.27. The lowest BCUT2D eigenvalue weighted by molar-refractivity contribution is 0.0989. The first-order valence-electron chi connectivity index (χ1n) is 5.26. The van der Waals surface area contributed by atoms with E-state index in [1.165, 1.54) is 18.3 Å². The van der Waals surface area contributed by atoms with E-state index in [1.54, 1.807) is 18.2 Å². The van der Waals surface area contributed by atoms with E-state index in [9.17, 15) is 9.18 Å². The zero-order valence-electron chi connectivity index (χ0n) is 9.36. The SMILES string of the molecule is Nc1cccnc1C(=O)Cc1cccc(F)c1Cl. The summed E-state index contributed by atoms with van der Waals surface area (Å²) in [7, 11) is 0. The first-order valence-corrected chi connectivity index (χ1v) is 5.64. The number of anilines is 1. The second-order valence-electron chi connectivity index (χ2n) is 3.75. The molecule has 92 valence electrons. The lowest BCUT2D eigenvalue weighted by atomic mass is 10.1. The number of Topliss-reactive ketones (excluding diaryl/α,β-unsaturated/α-hetero) is 1. The van der Waals surface area contributed by atoms with Gasteiger partial charge in [-0.2, -0.15) is 0 Å². The van der Waals surface area contributed by atoms with Crippen molar-refractivity contribution in [2.24, 2.45) is 0 Å². The van der Waals surface area contributed by atoms with Gasteiger partial charge in [0, 0.05) is 12.6 Å². The van der Waals surface area contributed by atoms with Crippen LogP contribution < -0.4 is 5.73 Å². The number of benzene rings is 1. The molecule has 0 saturated heterocycles. The molecule has 2 N–H and O–H groups in total. The Morgan fingerprint density at radius 2 is 2.11 bits per heavy atom. The maximum Gasteiger partial charge on any atom is 0.187 e. The molecule has 0 aliphatic carbocycles. The summed E-state index contributed by atoms with van der Waals surface area (Å²) in [5, 5.41) is -0.0413. The van der Waals surface area contributed by atoms with E-state index in [-0.39, 0.29) is 22.9 Å².